The average Bonchev–Trinajstić information content (AvgIpc) is 3.04. The first kappa shape index (κ1) is 19.7. The molecule has 5 atom stereocenters. The Morgan fingerprint density at radius 1 is 1.04 bits per heavy atom. The van der Waals surface area contributed by atoms with Crippen molar-refractivity contribution in [2.45, 2.75) is 76.0 Å². The monoisotopic (exact) mass is 344 g/mol. The smallest absolute Gasteiger partial charge is 0.187 e. The molecule has 2 aliphatic rings. The van der Waals surface area contributed by atoms with Crippen LogP contribution >= 0.6 is 0 Å². The van der Waals surface area contributed by atoms with Gasteiger partial charge in [0.1, 0.15) is 6.10 Å². The largest absolute Gasteiger partial charge is 0.387 e. The third kappa shape index (κ3) is 4.95. The molecule has 0 radical (unpaired) electrons. The SMILES string of the molecule is NCCCCCCCCCCCOC1OC2(O)C(CN=O)C2C1O. The zero-order valence-corrected chi connectivity index (χ0v) is 14.4. The van der Waals surface area contributed by atoms with E-state index in [-0.39, 0.29) is 6.54 Å². The van der Waals surface area contributed by atoms with Crippen LogP contribution in [0.1, 0.15) is 57.8 Å². The number of nitrogens with zero attached hydrogens (tertiary/aromatic N) is 1. The highest BCUT2D eigenvalue weighted by Gasteiger charge is 2.75. The molecule has 5 unspecified atom stereocenters. The van der Waals surface area contributed by atoms with Crippen LogP contribution in [0.2, 0.25) is 0 Å². The number of unbranched alkanes of at least 4 members (excludes halogenated alkanes) is 8. The lowest BCUT2D eigenvalue weighted by Gasteiger charge is -2.20. The second-order valence-corrected chi connectivity index (χ2v) is 7.01. The average molecular weight is 344 g/mol. The topological polar surface area (TPSA) is 114 Å². The fourth-order valence-electron chi connectivity index (χ4n) is 3.66. The third-order valence-corrected chi connectivity index (χ3v) is 5.19. The maximum atomic E-state index is 10.3. The first-order valence-corrected chi connectivity index (χ1v) is 9.34. The quantitative estimate of drug-likeness (QED) is 0.327. The number of hydrogen-bond donors (Lipinski definition) is 3. The maximum Gasteiger partial charge on any atom is 0.187 e. The highest BCUT2D eigenvalue weighted by Crippen LogP contribution is 2.59. The number of nitroso groups, excluding NO2 is 1. The van der Waals surface area contributed by atoms with Gasteiger partial charge in [-0.15, -0.1) is 0 Å². The van der Waals surface area contributed by atoms with Gasteiger partial charge in [0.15, 0.2) is 12.1 Å². The summed E-state index contributed by atoms with van der Waals surface area (Å²) in [5, 5.41) is 22.9. The summed E-state index contributed by atoms with van der Waals surface area (Å²) >= 11 is 0. The summed E-state index contributed by atoms with van der Waals surface area (Å²) in [4.78, 5) is 10.3. The van der Waals surface area contributed by atoms with Crippen molar-refractivity contribution in [1.82, 2.24) is 0 Å². The second-order valence-electron chi connectivity index (χ2n) is 7.01. The minimum absolute atomic E-state index is 0.0306. The normalized spacial score (nSPS) is 34.3. The fourth-order valence-corrected chi connectivity index (χ4v) is 3.66. The molecule has 0 amide bonds. The second kappa shape index (κ2) is 9.77. The van der Waals surface area contributed by atoms with Gasteiger partial charge < -0.3 is 25.4 Å². The first-order chi connectivity index (χ1) is 11.6. The first-order valence-electron chi connectivity index (χ1n) is 9.34. The van der Waals surface area contributed by atoms with Crippen molar-refractivity contribution in [3.05, 3.63) is 4.91 Å². The summed E-state index contributed by atoms with van der Waals surface area (Å²) in [5.41, 5.74) is 5.46. The zero-order valence-electron chi connectivity index (χ0n) is 14.4. The molecular weight excluding hydrogens is 312 g/mol. The van der Waals surface area contributed by atoms with Crippen LogP contribution in [0, 0.1) is 16.7 Å². The summed E-state index contributed by atoms with van der Waals surface area (Å²) in [6, 6.07) is 0. The molecule has 7 nitrogen and oxygen atoms in total. The van der Waals surface area contributed by atoms with Crippen molar-refractivity contribution < 1.29 is 19.7 Å². The Kier molecular flexibility index (Phi) is 8.03. The number of aliphatic hydroxyl groups is 2. The van der Waals surface area contributed by atoms with E-state index in [2.05, 4.69) is 5.18 Å². The minimum atomic E-state index is -1.41. The zero-order chi connectivity index (χ0) is 17.4. The molecule has 7 heteroatoms. The molecule has 1 aliphatic carbocycles. The number of fused-ring (bicyclic) bond motifs is 1. The Balaban J connectivity index is 1.43. The van der Waals surface area contributed by atoms with Gasteiger partial charge in [-0.1, -0.05) is 50.1 Å². The molecule has 2 fully saturated rings. The van der Waals surface area contributed by atoms with Crippen molar-refractivity contribution >= 4 is 0 Å². The summed E-state index contributed by atoms with van der Waals surface area (Å²) in [6.45, 7) is 1.28. The van der Waals surface area contributed by atoms with Gasteiger partial charge in [-0.2, -0.15) is 4.91 Å². The third-order valence-electron chi connectivity index (χ3n) is 5.19. The Morgan fingerprint density at radius 3 is 2.12 bits per heavy atom. The maximum absolute atomic E-state index is 10.3. The van der Waals surface area contributed by atoms with Crippen molar-refractivity contribution in [3.63, 3.8) is 0 Å². The molecule has 0 aromatic rings. The van der Waals surface area contributed by atoms with E-state index in [1.54, 1.807) is 0 Å². The molecule has 0 spiro atoms. The van der Waals surface area contributed by atoms with E-state index in [1.165, 1.54) is 38.5 Å². The Hall–Kier alpha value is -0.600. The van der Waals surface area contributed by atoms with Crippen LogP contribution in [0.15, 0.2) is 5.18 Å². The van der Waals surface area contributed by atoms with Gasteiger partial charge in [0.25, 0.3) is 0 Å². The van der Waals surface area contributed by atoms with Gasteiger partial charge in [-0.3, -0.25) is 0 Å². The summed E-state index contributed by atoms with van der Waals surface area (Å²) in [6.07, 6.45) is 9.00. The van der Waals surface area contributed by atoms with E-state index in [0.717, 1.165) is 25.8 Å². The van der Waals surface area contributed by atoms with Crippen molar-refractivity contribution in [1.29, 1.82) is 0 Å². The number of rotatable bonds is 14. The lowest BCUT2D eigenvalue weighted by Crippen LogP contribution is -2.32. The Bertz CT molecular complexity index is 384. The van der Waals surface area contributed by atoms with Crippen LogP contribution in [0.3, 0.4) is 0 Å². The van der Waals surface area contributed by atoms with Gasteiger partial charge in [-0.25, -0.2) is 0 Å². The number of nitrogens with two attached hydrogens (primary N) is 1. The molecule has 4 N–H and O–H groups in total. The standard InChI is InChI=1S/C17H32N2O5/c18-10-8-6-4-2-1-3-5-7-9-11-23-16-15(20)14-13(12-19-22)17(14,21)24-16/h13-16,20-21H,1-12,18H2. The van der Waals surface area contributed by atoms with Gasteiger partial charge in [-0.05, 0) is 19.4 Å². The highest BCUT2D eigenvalue weighted by atomic mass is 16.8. The Labute approximate surface area is 143 Å². The number of aliphatic hydroxyl groups excluding tert-OH is 1. The van der Waals surface area contributed by atoms with Crippen molar-refractivity contribution in [2.75, 3.05) is 19.7 Å². The molecule has 1 aliphatic heterocycles. The van der Waals surface area contributed by atoms with Gasteiger partial charge in [0, 0.05) is 12.5 Å². The van der Waals surface area contributed by atoms with E-state index < -0.39 is 30.0 Å². The molecule has 1 heterocycles. The molecule has 2 rings (SSSR count). The molecule has 0 aromatic heterocycles. The van der Waals surface area contributed by atoms with Gasteiger partial charge >= 0.3 is 0 Å². The molecule has 24 heavy (non-hydrogen) atoms. The van der Waals surface area contributed by atoms with E-state index in [0.29, 0.717) is 6.61 Å². The predicted octanol–water partition coefficient (Wildman–Crippen LogP) is 1.89. The van der Waals surface area contributed by atoms with Crippen LogP contribution in [0.25, 0.3) is 0 Å². The van der Waals surface area contributed by atoms with Crippen LogP contribution < -0.4 is 5.73 Å². The van der Waals surface area contributed by atoms with E-state index >= 15 is 0 Å². The summed E-state index contributed by atoms with van der Waals surface area (Å²) < 4.78 is 10.9. The number of hydrogen-bond acceptors (Lipinski definition) is 7. The Morgan fingerprint density at radius 2 is 1.62 bits per heavy atom. The predicted molar refractivity (Wildman–Crippen MR) is 90.0 cm³/mol. The summed E-state index contributed by atoms with van der Waals surface area (Å²) in [5.74, 6) is -2.25. The number of ether oxygens (including phenoxy) is 2. The van der Waals surface area contributed by atoms with Crippen LogP contribution in [-0.4, -0.2) is 48.1 Å². The lowest BCUT2D eigenvalue weighted by molar-refractivity contribution is -0.243. The van der Waals surface area contributed by atoms with E-state index in [9.17, 15) is 15.1 Å². The van der Waals surface area contributed by atoms with Crippen molar-refractivity contribution in [2.24, 2.45) is 22.7 Å². The highest BCUT2D eigenvalue weighted by molar-refractivity contribution is 5.14. The van der Waals surface area contributed by atoms with Crippen LogP contribution in [0.4, 0.5) is 0 Å². The molecule has 1 saturated heterocycles. The molecular formula is C17H32N2O5. The summed E-state index contributed by atoms with van der Waals surface area (Å²) in [7, 11) is 0. The molecule has 140 valence electrons. The van der Waals surface area contributed by atoms with Gasteiger partial charge in [0.05, 0.1) is 12.5 Å². The minimum Gasteiger partial charge on any atom is -0.387 e. The van der Waals surface area contributed by atoms with Gasteiger partial charge in [0.2, 0.25) is 0 Å². The molecule has 0 bridgehead atoms. The van der Waals surface area contributed by atoms with E-state index in [4.69, 9.17) is 15.2 Å². The van der Waals surface area contributed by atoms with E-state index in [1.807, 2.05) is 0 Å². The van der Waals surface area contributed by atoms with Crippen LogP contribution in [0.5, 0.6) is 0 Å². The molecule has 1 saturated carbocycles. The molecule has 0 aromatic carbocycles. The fraction of sp³-hybridized carbons (Fsp3) is 1.00. The lowest BCUT2D eigenvalue weighted by atomic mass is 10.1. The van der Waals surface area contributed by atoms with Crippen molar-refractivity contribution in [3.8, 4) is 0 Å². The van der Waals surface area contributed by atoms with Crippen LogP contribution in [-0.2, 0) is 9.47 Å².